The maximum absolute atomic E-state index is 10.6. The summed E-state index contributed by atoms with van der Waals surface area (Å²) in [6, 6.07) is 4.16. The Morgan fingerprint density at radius 2 is 2.07 bits per heavy atom. The molecule has 0 saturated carbocycles. The zero-order valence-electron chi connectivity index (χ0n) is 15.5. The van der Waals surface area contributed by atoms with Crippen LogP contribution in [0, 0.1) is 0 Å². The van der Waals surface area contributed by atoms with Crippen LogP contribution in [0.15, 0.2) is 24.3 Å². The molecule has 2 heterocycles. The number of methoxy groups -OCH3 is 1. The van der Waals surface area contributed by atoms with Gasteiger partial charge in [0.1, 0.15) is 6.10 Å². The molecule has 1 aromatic rings. The number of nitrogens with zero attached hydrogens (tertiary/aromatic N) is 1. The molecule has 28 heavy (non-hydrogen) atoms. The van der Waals surface area contributed by atoms with Crippen LogP contribution < -0.4 is 9.47 Å². The molecule has 4 rings (SSSR count). The number of halogens is 3. The number of aliphatic carboxylic acids is 1. The molecule has 6 nitrogen and oxygen atoms in total. The molecular weight excluding hydrogens is 379 g/mol. The number of carboxylic acid groups (broad SMARTS) is 1. The fraction of sp³-hybridized carbons (Fsp3) is 0.526. The van der Waals surface area contributed by atoms with Crippen LogP contribution in [-0.2, 0) is 16.8 Å². The van der Waals surface area contributed by atoms with Crippen LogP contribution in [0.3, 0.4) is 0 Å². The number of hydrogen-bond donors (Lipinski definition) is 2. The first-order chi connectivity index (χ1) is 13.1. The molecule has 2 N–H and O–H groups in total. The van der Waals surface area contributed by atoms with Crippen molar-refractivity contribution < 1.29 is 37.7 Å². The lowest BCUT2D eigenvalue weighted by atomic mass is 9.69. The van der Waals surface area contributed by atoms with Gasteiger partial charge in [-0.3, -0.25) is 0 Å². The summed E-state index contributed by atoms with van der Waals surface area (Å²) in [6.07, 6.45) is 0.296. The Kier molecular flexibility index (Phi) is 5.33. The first-order valence-electron chi connectivity index (χ1n) is 8.81. The highest BCUT2D eigenvalue weighted by atomic mass is 19.4. The molecule has 0 unspecified atom stereocenters. The molecule has 0 amide bonds. The van der Waals surface area contributed by atoms with Gasteiger partial charge in [-0.25, -0.2) is 4.79 Å². The summed E-state index contributed by atoms with van der Waals surface area (Å²) in [5.74, 6) is -1.07. The number of aliphatic hydroxyl groups is 1. The summed E-state index contributed by atoms with van der Waals surface area (Å²) in [7, 11) is 3.84. The van der Waals surface area contributed by atoms with E-state index in [0.717, 1.165) is 31.0 Å². The van der Waals surface area contributed by atoms with E-state index in [4.69, 9.17) is 19.4 Å². The van der Waals surface area contributed by atoms with Gasteiger partial charge in [0, 0.05) is 18.5 Å². The van der Waals surface area contributed by atoms with Gasteiger partial charge in [-0.15, -0.1) is 0 Å². The summed E-state index contributed by atoms with van der Waals surface area (Å²) in [5, 5.41) is 17.1. The lowest BCUT2D eigenvalue weighted by Crippen LogP contribution is -2.42. The maximum atomic E-state index is 10.6. The van der Waals surface area contributed by atoms with Gasteiger partial charge in [-0.2, -0.15) is 13.2 Å². The molecule has 3 atom stereocenters. The third-order valence-electron chi connectivity index (χ3n) is 5.39. The van der Waals surface area contributed by atoms with E-state index in [2.05, 4.69) is 24.1 Å². The third kappa shape index (κ3) is 3.56. The normalized spacial score (nSPS) is 28.2. The first kappa shape index (κ1) is 20.5. The monoisotopic (exact) mass is 401 g/mol. The van der Waals surface area contributed by atoms with Crippen LogP contribution in [0.5, 0.6) is 11.5 Å². The van der Waals surface area contributed by atoms with Gasteiger partial charge in [-0.05, 0) is 31.6 Å². The number of ether oxygens (including phenoxy) is 2. The van der Waals surface area contributed by atoms with Gasteiger partial charge in [-0.1, -0.05) is 18.2 Å². The Bertz CT molecular complexity index is 795. The van der Waals surface area contributed by atoms with Gasteiger partial charge >= 0.3 is 12.1 Å². The second kappa shape index (κ2) is 7.29. The van der Waals surface area contributed by atoms with E-state index >= 15 is 0 Å². The highest BCUT2D eigenvalue weighted by Gasteiger charge is 2.52. The minimum atomic E-state index is -5.08. The Hall–Kier alpha value is -2.26. The minimum absolute atomic E-state index is 0.00838. The van der Waals surface area contributed by atoms with E-state index in [1.54, 1.807) is 7.11 Å². The smallest absolute Gasteiger partial charge is 0.490 e. The van der Waals surface area contributed by atoms with Crippen molar-refractivity contribution >= 4 is 5.97 Å². The van der Waals surface area contributed by atoms with Crippen LogP contribution in [-0.4, -0.2) is 60.2 Å². The van der Waals surface area contributed by atoms with Crippen molar-refractivity contribution in [3.05, 3.63) is 35.4 Å². The van der Waals surface area contributed by atoms with Crippen LogP contribution >= 0.6 is 0 Å². The number of carboxylic acids is 1. The second-order valence-corrected chi connectivity index (χ2v) is 7.23. The SMILES string of the molecule is COc1ccc2c3c1O[C@H]1C[C@@H](O)C=C[C@@]31CCN(C)C2.O=C(O)C(F)(F)F. The van der Waals surface area contributed by atoms with E-state index in [1.165, 1.54) is 11.1 Å². The lowest BCUT2D eigenvalue weighted by Gasteiger charge is -2.35. The molecule has 0 aromatic heterocycles. The molecule has 0 fully saturated rings. The number of aliphatic hydroxyl groups excluding tert-OH is 1. The molecule has 154 valence electrons. The molecule has 2 aliphatic heterocycles. The Labute approximate surface area is 160 Å². The summed E-state index contributed by atoms with van der Waals surface area (Å²) < 4.78 is 43.5. The third-order valence-corrected chi connectivity index (χ3v) is 5.39. The summed E-state index contributed by atoms with van der Waals surface area (Å²) in [5.41, 5.74) is 2.48. The zero-order chi connectivity index (χ0) is 20.7. The Morgan fingerprint density at radius 3 is 2.68 bits per heavy atom. The standard InChI is InChI=1S/C17H21NO3.C2HF3O2/c1-18-8-7-17-6-5-12(19)9-14(17)21-16-13(20-2)4-3-11(10-18)15(16)17;3-2(4,5)1(6)7/h3-6,12,14,19H,7-10H2,1-2H3;(H,6,7)/t12-,14-,17-;/m0./s1. The van der Waals surface area contributed by atoms with Crippen molar-refractivity contribution in [2.75, 3.05) is 20.7 Å². The molecule has 3 aliphatic rings. The fourth-order valence-electron chi connectivity index (χ4n) is 4.08. The molecule has 0 saturated heterocycles. The maximum Gasteiger partial charge on any atom is 0.490 e. The second-order valence-electron chi connectivity index (χ2n) is 7.23. The van der Waals surface area contributed by atoms with E-state index in [9.17, 15) is 18.3 Å². The molecule has 1 aromatic carbocycles. The number of rotatable bonds is 1. The van der Waals surface area contributed by atoms with Crippen LogP contribution in [0.4, 0.5) is 13.2 Å². The molecular formula is C19H22F3NO5. The minimum Gasteiger partial charge on any atom is -0.493 e. The van der Waals surface area contributed by atoms with E-state index in [-0.39, 0.29) is 11.5 Å². The summed E-state index contributed by atoms with van der Waals surface area (Å²) >= 11 is 0. The van der Waals surface area contributed by atoms with Crippen molar-refractivity contribution in [1.82, 2.24) is 4.90 Å². The molecule has 1 spiro atoms. The molecule has 0 radical (unpaired) electrons. The number of alkyl halides is 3. The Morgan fingerprint density at radius 1 is 1.39 bits per heavy atom. The average molecular weight is 401 g/mol. The van der Waals surface area contributed by atoms with E-state index in [1.807, 2.05) is 12.1 Å². The van der Waals surface area contributed by atoms with Crippen LogP contribution in [0.25, 0.3) is 0 Å². The van der Waals surface area contributed by atoms with E-state index < -0.39 is 18.2 Å². The van der Waals surface area contributed by atoms with Crippen molar-refractivity contribution in [1.29, 1.82) is 0 Å². The van der Waals surface area contributed by atoms with Crippen LogP contribution in [0.2, 0.25) is 0 Å². The zero-order valence-corrected chi connectivity index (χ0v) is 15.5. The largest absolute Gasteiger partial charge is 0.493 e. The topological polar surface area (TPSA) is 79.2 Å². The van der Waals surface area contributed by atoms with Gasteiger partial charge in [0.15, 0.2) is 11.5 Å². The van der Waals surface area contributed by atoms with Gasteiger partial charge in [0.05, 0.1) is 18.6 Å². The molecule has 1 aliphatic carbocycles. The fourth-order valence-corrected chi connectivity index (χ4v) is 4.08. The van der Waals surface area contributed by atoms with Gasteiger partial charge < -0.3 is 24.6 Å². The highest BCUT2D eigenvalue weighted by molar-refractivity contribution is 5.73. The van der Waals surface area contributed by atoms with E-state index in [0.29, 0.717) is 6.42 Å². The predicted molar refractivity (Wildman–Crippen MR) is 93.5 cm³/mol. The summed E-state index contributed by atoms with van der Waals surface area (Å²) in [4.78, 5) is 11.2. The van der Waals surface area contributed by atoms with Crippen molar-refractivity contribution in [2.24, 2.45) is 0 Å². The Balaban J connectivity index is 0.000000279. The van der Waals surface area contributed by atoms with Gasteiger partial charge in [0.25, 0.3) is 0 Å². The number of carbonyl (C=O) groups is 1. The first-order valence-corrected chi connectivity index (χ1v) is 8.81. The van der Waals surface area contributed by atoms with Gasteiger partial charge in [0.2, 0.25) is 0 Å². The average Bonchev–Trinajstić information content (AvgIpc) is 2.87. The van der Waals surface area contributed by atoms with Crippen LogP contribution in [0.1, 0.15) is 24.0 Å². The predicted octanol–water partition coefficient (Wildman–Crippen LogP) is 2.48. The lowest BCUT2D eigenvalue weighted by molar-refractivity contribution is -0.192. The molecule has 9 heteroatoms. The van der Waals surface area contributed by atoms with Crippen molar-refractivity contribution in [3.63, 3.8) is 0 Å². The highest BCUT2D eigenvalue weighted by Crippen LogP contribution is 2.55. The molecule has 0 bridgehead atoms. The van der Waals surface area contributed by atoms with Crippen molar-refractivity contribution in [3.8, 4) is 11.5 Å². The summed E-state index contributed by atoms with van der Waals surface area (Å²) in [6.45, 7) is 1.96. The quantitative estimate of drug-likeness (QED) is 0.704. The number of hydrogen-bond acceptors (Lipinski definition) is 5. The van der Waals surface area contributed by atoms with Crippen molar-refractivity contribution in [2.45, 2.75) is 43.2 Å². The number of benzene rings is 1.